The zero-order chi connectivity index (χ0) is 13.3. The Labute approximate surface area is 104 Å². The Morgan fingerprint density at radius 2 is 1.76 bits per heavy atom. The highest BCUT2D eigenvalue weighted by molar-refractivity contribution is 7.99. The molecule has 0 aromatic heterocycles. The molecule has 1 heterocycles. The van der Waals surface area contributed by atoms with Crippen molar-refractivity contribution in [3.8, 4) is 0 Å². The van der Waals surface area contributed by atoms with Crippen molar-refractivity contribution < 1.29 is 28.7 Å². The molecule has 0 aromatic rings. The Hall–Kier alpha value is 0.610. The van der Waals surface area contributed by atoms with Gasteiger partial charge in [0.15, 0.2) is 0 Å². The molecule has 1 unspecified atom stereocenters. The largest absolute Gasteiger partial charge is 0.354 e. The van der Waals surface area contributed by atoms with Gasteiger partial charge in [-0.25, -0.2) is 0 Å². The summed E-state index contributed by atoms with van der Waals surface area (Å²) in [4.78, 5) is 37.7. The molecule has 102 valence electrons. The molecular weight excluding hydrogens is 288 g/mol. The molecule has 17 heavy (non-hydrogen) atoms. The van der Waals surface area contributed by atoms with Crippen LogP contribution in [0.4, 0.5) is 0 Å². The number of nitrogens with zero attached hydrogens (tertiary/aromatic N) is 1. The van der Waals surface area contributed by atoms with E-state index in [0.717, 1.165) is 5.75 Å². The van der Waals surface area contributed by atoms with Crippen LogP contribution in [-0.4, -0.2) is 54.1 Å². The second-order valence-electron chi connectivity index (χ2n) is 4.05. The van der Waals surface area contributed by atoms with Crippen molar-refractivity contribution in [2.45, 2.75) is 24.1 Å². The minimum absolute atomic E-state index is 0.0955. The summed E-state index contributed by atoms with van der Waals surface area (Å²) < 4.78 is 22.5. The van der Waals surface area contributed by atoms with Crippen LogP contribution in [0.3, 0.4) is 0 Å². The first-order chi connectivity index (χ1) is 7.62. The fraction of sp³-hybridized carbons (Fsp3) is 1.00. The molecule has 0 spiro atoms. The molecule has 1 aliphatic heterocycles. The zero-order valence-electron chi connectivity index (χ0n) is 9.34. The third-order valence-electron chi connectivity index (χ3n) is 2.41. The molecule has 0 aromatic carbocycles. The predicted molar refractivity (Wildman–Crippen MR) is 66.0 cm³/mol. The lowest BCUT2D eigenvalue weighted by Crippen LogP contribution is -2.38. The smallest absolute Gasteiger partial charge is 0.323 e. The van der Waals surface area contributed by atoms with Crippen LogP contribution in [0.1, 0.15) is 13.3 Å². The summed E-state index contributed by atoms with van der Waals surface area (Å²) in [7, 11) is -9.72. The third-order valence-corrected chi connectivity index (χ3v) is 7.32. The van der Waals surface area contributed by atoms with E-state index in [1.807, 2.05) is 6.92 Å². The Bertz CT molecular complexity index is 332. The van der Waals surface area contributed by atoms with Gasteiger partial charge in [-0.15, -0.1) is 0 Å². The van der Waals surface area contributed by atoms with Crippen molar-refractivity contribution in [3.63, 3.8) is 0 Å². The van der Waals surface area contributed by atoms with Crippen LogP contribution in [-0.2, 0) is 9.13 Å². The topological polar surface area (TPSA) is 118 Å². The number of thioether (sulfide) groups is 1. The second-order valence-corrected chi connectivity index (χ2v) is 9.34. The first-order valence-corrected chi connectivity index (χ1v) is 9.49. The van der Waals surface area contributed by atoms with Crippen LogP contribution < -0.4 is 0 Å². The van der Waals surface area contributed by atoms with E-state index in [0.29, 0.717) is 6.42 Å². The SMILES string of the molecule is CC1CN(C(P(=O)(O)O)P(=O)(O)O)CCCS1. The fourth-order valence-electron chi connectivity index (χ4n) is 1.86. The van der Waals surface area contributed by atoms with Crippen LogP contribution in [0.15, 0.2) is 0 Å². The summed E-state index contributed by atoms with van der Waals surface area (Å²) in [5, 5.41) is 0.0955. The summed E-state index contributed by atoms with van der Waals surface area (Å²) in [6.07, 6.45) is 0.658. The molecule has 1 fully saturated rings. The van der Waals surface area contributed by atoms with Crippen molar-refractivity contribution in [1.29, 1.82) is 0 Å². The molecule has 1 atom stereocenters. The summed E-state index contributed by atoms with van der Waals surface area (Å²) in [6, 6.07) is 0. The molecule has 0 radical (unpaired) electrons. The lowest BCUT2D eigenvalue weighted by atomic mass is 10.4. The van der Waals surface area contributed by atoms with Gasteiger partial charge in [0.2, 0.25) is 5.52 Å². The first kappa shape index (κ1) is 15.7. The van der Waals surface area contributed by atoms with Crippen LogP contribution in [0.25, 0.3) is 0 Å². The van der Waals surface area contributed by atoms with Gasteiger partial charge >= 0.3 is 15.2 Å². The molecule has 7 nitrogen and oxygen atoms in total. The predicted octanol–water partition coefficient (Wildman–Crippen LogP) is 0.453. The summed E-state index contributed by atoms with van der Waals surface area (Å²) in [5.74, 6) is 0.826. The number of hydrogen-bond acceptors (Lipinski definition) is 4. The van der Waals surface area contributed by atoms with Crippen molar-refractivity contribution >= 4 is 27.0 Å². The normalized spacial score (nSPS) is 24.9. The average Bonchev–Trinajstić information content (AvgIpc) is 2.24. The van der Waals surface area contributed by atoms with Gasteiger partial charge in [0.1, 0.15) is 0 Å². The van der Waals surface area contributed by atoms with E-state index in [-0.39, 0.29) is 18.3 Å². The van der Waals surface area contributed by atoms with Crippen LogP contribution in [0.5, 0.6) is 0 Å². The van der Waals surface area contributed by atoms with Gasteiger partial charge in [-0.2, -0.15) is 11.8 Å². The van der Waals surface area contributed by atoms with Gasteiger partial charge < -0.3 is 19.6 Å². The first-order valence-electron chi connectivity index (χ1n) is 5.08. The maximum Gasteiger partial charge on any atom is 0.354 e. The number of hydrogen-bond donors (Lipinski definition) is 4. The molecule has 0 saturated carbocycles. The Morgan fingerprint density at radius 1 is 1.24 bits per heavy atom. The van der Waals surface area contributed by atoms with Gasteiger partial charge in [0.05, 0.1) is 0 Å². The minimum Gasteiger partial charge on any atom is -0.323 e. The lowest BCUT2D eigenvalue weighted by molar-refractivity contribution is 0.229. The standard InChI is InChI=1S/C7H17NO6P2S/c1-6-5-8(3-2-4-17-6)7(15(9,10)11)16(12,13)14/h6-7H,2-5H2,1H3,(H2,9,10,11)(H2,12,13,14). The van der Waals surface area contributed by atoms with Crippen LogP contribution in [0, 0.1) is 0 Å². The van der Waals surface area contributed by atoms with Crippen molar-refractivity contribution in [1.82, 2.24) is 4.90 Å². The van der Waals surface area contributed by atoms with Gasteiger partial charge in [0, 0.05) is 18.3 Å². The van der Waals surface area contributed by atoms with E-state index in [1.54, 1.807) is 11.8 Å². The molecule has 1 rings (SSSR count). The highest BCUT2D eigenvalue weighted by Crippen LogP contribution is 2.61. The summed E-state index contributed by atoms with van der Waals surface area (Å²) in [6.45, 7) is 2.43. The molecule has 4 N–H and O–H groups in total. The summed E-state index contributed by atoms with van der Waals surface area (Å²) in [5.41, 5.74) is -2.00. The maximum absolute atomic E-state index is 11.3. The summed E-state index contributed by atoms with van der Waals surface area (Å²) >= 11 is 1.63. The second kappa shape index (κ2) is 5.72. The van der Waals surface area contributed by atoms with E-state index in [2.05, 4.69) is 0 Å². The Balaban J connectivity index is 2.98. The maximum atomic E-state index is 11.3. The molecule has 0 amide bonds. The lowest BCUT2D eigenvalue weighted by Gasteiger charge is -2.31. The highest BCUT2D eigenvalue weighted by atomic mass is 32.2. The van der Waals surface area contributed by atoms with Gasteiger partial charge in [-0.3, -0.25) is 14.0 Å². The molecule has 10 heteroatoms. The molecule has 0 bridgehead atoms. The quantitative estimate of drug-likeness (QED) is 0.555. The zero-order valence-corrected chi connectivity index (χ0v) is 11.9. The van der Waals surface area contributed by atoms with E-state index in [4.69, 9.17) is 19.6 Å². The van der Waals surface area contributed by atoms with E-state index < -0.39 is 20.7 Å². The highest BCUT2D eigenvalue weighted by Gasteiger charge is 2.48. The third kappa shape index (κ3) is 4.65. The van der Waals surface area contributed by atoms with Crippen molar-refractivity contribution in [2.75, 3.05) is 18.8 Å². The Morgan fingerprint density at radius 3 is 2.24 bits per heavy atom. The van der Waals surface area contributed by atoms with Crippen LogP contribution in [0.2, 0.25) is 0 Å². The molecule has 1 aliphatic rings. The molecule has 1 saturated heterocycles. The van der Waals surface area contributed by atoms with Gasteiger partial charge in [-0.1, -0.05) is 6.92 Å². The van der Waals surface area contributed by atoms with Crippen molar-refractivity contribution in [3.05, 3.63) is 0 Å². The van der Waals surface area contributed by atoms with Crippen LogP contribution >= 0.6 is 27.0 Å². The van der Waals surface area contributed by atoms with Gasteiger partial charge in [-0.05, 0) is 12.2 Å². The van der Waals surface area contributed by atoms with E-state index in [9.17, 15) is 9.13 Å². The van der Waals surface area contributed by atoms with E-state index >= 15 is 0 Å². The fourth-order valence-corrected chi connectivity index (χ4v) is 5.69. The Kier molecular flexibility index (Phi) is 5.27. The van der Waals surface area contributed by atoms with Crippen molar-refractivity contribution in [2.24, 2.45) is 0 Å². The molecule has 0 aliphatic carbocycles. The molecular formula is C7H17NO6P2S. The minimum atomic E-state index is -4.86. The van der Waals surface area contributed by atoms with E-state index in [1.165, 1.54) is 4.90 Å². The van der Waals surface area contributed by atoms with Gasteiger partial charge in [0.25, 0.3) is 0 Å². The number of rotatable bonds is 3. The monoisotopic (exact) mass is 305 g/mol. The average molecular weight is 305 g/mol.